The molecule has 22 heavy (non-hydrogen) atoms. The van der Waals surface area contributed by atoms with Gasteiger partial charge in [-0.05, 0) is 29.8 Å². The Kier molecular flexibility index (Phi) is 4.44. The van der Waals surface area contributed by atoms with Crippen molar-refractivity contribution in [3.05, 3.63) is 70.3 Å². The molecule has 112 valence electrons. The molecule has 0 amide bonds. The zero-order chi connectivity index (χ0) is 15.4. The second-order valence-electron chi connectivity index (χ2n) is 4.87. The minimum absolute atomic E-state index is 0.0809. The van der Waals surface area contributed by atoms with Crippen LogP contribution in [-0.4, -0.2) is 17.1 Å². The maximum Gasteiger partial charge on any atom is 0.258 e. The topological polar surface area (TPSA) is 55.0 Å². The van der Waals surface area contributed by atoms with E-state index in [0.717, 1.165) is 17.0 Å². The summed E-state index contributed by atoms with van der Waals surface area (Å²) in [7, 11) is 1.66. The maximum absolute atomic E-state index is 12.0. The summed E-state index contributed by atoms with van der Waals surface area (Å²) in [6.45, 7) is 0. The number of aromatic nitrogens is 2. The molecule has 2 aromatic carbocycles. The zero-order valence-corrected chi connectivity index (χ0v) is 13.0. The molecule has 0 aliphatic rings. The third-order valence-electron chi connectivity index (χ3n) is 3.30. The van der Waals surface area contributed by atoms with Gasteiger partial charge in [-0.2, -0.15) is 0 Å². The molecule has 1 N–H and O–H groups in total. The summed E-state index contributed by atoms with van der Waals surface area (Å²) in [5.41, 5.74) is 1.85. The summed E-state index contributed by atoms with van der Waals surface area (Å²) < 4.78 is 5.21. The number of benzene rings is 2. The number of H-pyrrole nitrogens is 1. The van der Waals surface area contributed by atoms with Crippen LogP contribution in [0.25, 0.3) is 10.9 Å². The van der Waals surface area contributed by atoms with Gasteiger partial charge in [0.2, 0.25) is 0 Å². The van der Waals surface area contributed by atoms with Gasteiger partial charge in [0.25, 0.3) is 5.56 Å². The molecule has 0 fully saturated rings. The van der Waals surface area contributed by atoms with Crippen LogP contribution < -0.4 is 10.3 Å². The highest BCUT2D eigenvalue weighted by Crippen LogP contribution is 2.20. The molecule has 5 heteroatoms. The van der Waals surface area contributed by atoms with Crippen molar-refractivity contribution >= 4 is 22.7 Å². The average Bonchev–Trinajstić information content (AvgIpc) is 2.55. The molecule has 0 unspecified atom stereocenters. The monoisotopic (exact) mass is 312 g/mol. The van der Waals surface area contributed by atoms with Gasteiger partial charge in [0.1, 0.15) is 11.6 Å². The first-order valence-electron chi connectivity index (χ1n) is 6.95. The third-order valence-corrected chi connectivity index (χ3v) is 4.32. The molecule has 3 aromatic rings. The number of methoxy groups -OCH3 is 1. The first-order chi connectivity index (χ1) is 10.8. The number of aromatic amines is 1. The van der Waals surface area contributed by atoms with Crippen molar-refractivity contribution in [2.45, 2.75) is 11.5 Å². The number of hydrogen-bond donors (Lipinski definition) is 1. The van der Waals surface area contributed by atoms with E-state index in [1.54, 1.807) is 24.9 Å². The lowest BCUT2D eigenvalue weighted by atomic mass is 10.2. The second-order valence-corrected chi connectivity index (χ2v) is 5.86. The van der Waals surface area contributed by atoms with Gasteiger partial charge in [-0.25, -0.2) is 4.98 Å². The van der Waals surface area contributed by atoms with Crippen LogP contribution in [-0.2, 0) is 11.5 Å². The van der Waals surface area contributed by atoms with E-state index in [1.807, 2.05) is 36.4 Å². The van der Waals surface area contributed by atoms with E-state index in [0.29, 0.717) is 17.0 Å². The van der Waals surface area contributed by atoms with Gasteiger partial charge in [0.05, 0.1) is 23.8 Å². The highest BCUT2D eigenvalue weighted by Gasteiger charge is 2.04. The van der Waals surface area contributed by atoms with Crippen LogP contribution in [0.1, 0.15) is 11.4 Å². The van der Waals surface area contributed by atoms with Gasteiger partial charge >= 0.3 is 0 Å². The number of ether oxygens (including phenoxy) is 1. The summed E-state index contributed by atoms with van der Waals surface area (Å²) in [6.07, 6.45) is 0. The van der Waals surface area contributed by atoms with Crippen LogP contribution in [0.5, 0.6) is 5.75 Å². The Labute approximate surface area is 132 Å². The van der Waals surface area contributed by atoms with Gasteiger partial charge in [-0.1, -0.05) is 24.3 Å². The fourth-order valence-corrected chi connectivity index (χ4v) is 3.08. The molecule has 1 aromatic heterocycles. The van der Waals surface area contributed by atoms with Crippen LogP contribution in [0.2, 0.25) is 0 Å². The zero-order valence-electron chi connectivity index (χ0n) is 12.2. The molecule has 0 saturated carbocycles. The van der Waals surface area contributed by atoms with E-state index >= 15 is 0 Å². The Balaban J connectivity index is 1.70. The van der Waals surface area contributed by atoms with Crippen molar-refractivity contribution < 1.29 is 4.74 Å². The number of hydrogen-bond acceptors (Lipinski definition) is 4. The molecule has 0 atom stereocenters. The molecule has 4 nitrogen and oxygen atoms in total. The standard InChI is InChI=1S/C17H16N2O2S/c1-21-13-6-4-5-12(9-13)10-22-11-16-18-15-8-3-2-7-14(15)17(20)19-16/h2-9H,10-11H2,1H3,(H,18,19,20). The largest absolute Gasteiger partial charge is 0.497 e. The minimum Gasteiger partial charge on any atom is -0.497 e. The van der Waals surface area contributed by atoms with Crippen LogP contribution >= 0.6 is 11.8 Å². The van der Waals surface area contributed by atoms with Crippen LogP contribution in [0.3, 0.4) is 0 Å². The Bertz CT molecular complexity index is 845. The Morgan fingerprint density at radius 3 is 2.86 bits per heavy atom. The lowest BCUT2D eigenvalue weighted by Gasteiger charge is -2.05. The van der Waals surface area contributed by atoms with Gasteiger partial charge < -0.3 is 9.72 Å². The molecule has 0 saturated heterocycles. The van der Waals surface area contributed by atoms with Crippen molar-refractivity contribution in [1.29, 1.82) is 0 Å². The lowest BCUT2D eigenvalue weighted by Crippen LogP contribution is -2.11. The number of fused-ring (bicyclic) bond motifs is 1. The van der Waals surface area contributed by atoms with Gasteiger partial charge in [-0.3, -0.25) is 4.79 Å². The highest BCUT2D eigenvalue weighted by atomic mass is 32.2. The molecule has 0 bridgehead atoms. The normalized spacial score (nSPS) is 10.8. The fourth-order valence-electron chi connectivity index (χ4n) is 2.23. The first kappa shape index (κ1) is 14.7. The van der Waals surface area contributed by atoms with Crippen molar-refractivity contribution in [3.63, 3.8) is 0 Å². The Morgan fingerprint density at radius 1 is 1.14 bits per heavy atom. The van der Waals surface area contributed by atoms with E-state index in [2.05, 4.69) is 16.0 Å². The van der Waals surface area contributed by atoms with Gasteiger partial charge in [-0.15, -0.1) is 11.8 Å². The molecular formula is C17H16N2O2S. The van der Waals surface area contributed by atoms with Gasteiger partial charge in [0, 0.05) is 5.75 Å². The van der Waals surface area contributed by atoms with Crippen molar-refractivity contribution in [1.82, 2.24) is 9.97 Å². The summed E-state index contributed by atoms with van der Waals surface area (Å²) in [6, 6.07) is 15.4. The Morgan fingerprint density at radius 2 is 2.00 bits per heavy atom. The first-order valence-corrected chi connectivity index (χ1v) is 8.10. The predicted molar refractivity (Wildman–Crippen MR) is 90.4 cm³/mol. The molecule has 0 radical (unpaired) electrons. The summed E-state index contributed by atoms with van der Waals surface area (Å²) in [5, 5.41) is 0.629. The van der Waals surface area contributed by atoms with E-state index in [1.165, 1.54) is 5.56 Å². The molecular weight excluding hydrogens is 296 g/mol. The van der Waals surface area contributed by atoms with Crippen molar-refractivity contribution in [2.75, 3.05) is 7.11 Å². The predicted octanol–water partition coefficient (Wildman–Crippen LogP) is 3.37. The highest BCUT2D eigenvalue weighted by molar-refractivity contribution is 7.97. The summed E-state index contributed by atoms with van der Waals surface area (Å²) >= 11 is 1.71. The maximum atomic E-state index is 12.0. The molecule has 3 rings (SSSR count). The van der Waals surface area contributed by atoms with Crippen molar-refractivity contribution in [3.8, 4) is 5.75 Å². The fraction of sp³-hybridized carbons (Fsp3) is 0.176. The lowest BCUT2D eigenvalue weighted by molar-refractivity contribution is 0.414. The van der Waals surface area contributed by atoms with Crippen LogP contribution in [0.15, 0.2) is 53.3 Å². The number of rotatable bonds is 5. The summed E-state index contributed by atoms with van der Waals surface area (Å²) in [4.78, 5) is 19.3. The number of thioether (sulfide) groups is 1. The quantitative estimate of drug-likeness (QED) is 0.785. The molecule has 1 heterocycles. The number of nitrogens with zero attached hydrogens (tertiary/aromatic N) is 1. The third kappa shape index (κ3) is 3.31. The molecule has 0 aliphatic carbocycles. The van der Waals surface area contributed by atoms with Crippen LogP contribution in [0.4, 0.5) is 0 Å². The van der Waals surface area contributed by atoms with E-state index in [9.17, 15) is 4.79 Å². The second kappa shape index (κ2) is 6.66. The summed E-state index contributed by atoms with van der Waals surface area (Å²) in [5.74, 6) is 3.07. The van der Waals surface area contributed by atoms with E-state index < -0.39 is 0 Å². The molecule has 0 spiro atoms. The average molecular weight is 312 g/mol. The SMILES string of the molecule is COc1cccc(CSCc2nc3ccccc3c(=O)[nH]2)c1. The van der Waals surface area contributed by atoms with Gasteiger partial charge in [0.15, 0.2) is 0 Å². The van der Waals surface area contributed by atoms with E-state index in [4.69, 9.17) is 4.74 Å². The minimum atomic E-state index is -0.0809. The Hall–Kier alpha value is -2.27. The molecule has 0 aliphatic heterocycles. The number of nitrogens with one attached hydrogen (secondary N) is 1. The van der Waals surface area contributed by atoms with Crippen molar-refractivity contribution in [2.24, 2.45) is 0 Å². The number of para-hydroxylation sites is 1. The van der Waals surface area contributed by atoms with Crippen LogP contribution in [0, 0.1) is 0 Å². The smallest absolute Gasteiger partial charge is 0.258 e. The van der Waals surface area contributed by atoms with E-state index in [-0.39, 0.29) is 5.56 Å².